The highest BCUT2D eigenvalue weighted by Crippen LogP contribution is 2.33. The van der Waals surface area contributed by atoms with Crippen molar-refractivity contribution < 1.29 is 4.79 Å². The minimum absolute atomic E-state index is 0.193. The van der Waals surface area contributed by atoms with Crippen molar-refractivity contribution in [1.29, 1.82) is 0 Å². The van der Waals surface area contributed by atoms with Crippen LogP contribution in [0.15, 0.2) is 16.8 Å². The molecule has 1 unspecified atom stereocenters. The highest BCUT2D eigenvalue weighted by atomic mass is 35.5. The number of carbonyl (C=O) groups excluding carboxylic acids is 1. The summed E-state index contributed by atoms with van der Waals surface area (Å²) in [6.45, 7) is 0.885. The van der Waals surface area contributed by atoms with Crippen LogP contribution >= 0.6 is 22.9 Å². The number of nitrogens with zero attached hydrogens (tertiary/aromatic N) is 1. The Morgan fingerprint density at radius 2 is 2.53 bits per heavy atom. The first-order chi connectivity index (χ1) is 7.33. The van der Waals surface area contributed by atoms with E-state index in [-0.39, 0.29) is 5.91 Å². The van der Waals surface area contributed by atoms with Crippen LogP contribution in [0.1, 0.15) is 30.9 Å². The van der Waals surface area contributed by atoms with Crippen molar-refractivity contribution in [2.75, 3.05) is 12.4 Å². The van der Waals surface area contributed by atoms with Gasteiger partial charge in [-0.2, -0.15) is 11.3 Å². The maximum Gasteiger partial charge on any atom is 0.224 e. The van der Waals surface area contributed by atoms with Crippen LogP contribution < -0.4 is 0 Å². The van der Waals surface area contributed by atoms with E-state index < -0.39 is 0 Å². The number of halogens is 1. The fourth-order valence-electron chi connectivity index (χ4n) is 2.10. The lowest BCUT2D eigenvalue weighted by molar-refractivity contribution is -0.131. The van der Waals surface area contributed by atoms with Gasteiger partial charge >= 0.3 is 0 Å². The summed E-state index contributed by atoms with van der Waals surface area (Å²) in [7, 11) is 0. The molecule has 0 bridgehead atoms. The lowest BCUT2D eigenvalue weighted by Crippen LogP contribution is -2.30. The van der Waals surface area contributed by atoms with Crippen molar-refractivity contribution in [3.05, 3.63) is 22.4 Å². The van der Waals surface area contributed by atoms with Crippen LogP contribution in [0.3, 0.4) is 0 Å². The number of hydrogen-bond donors (Lipinski definition) is 0. The number of likely N-dealkylation sites (tertiary alicyclic amines) is 1. The van der Waals surface area contributed by atoms with Crippen LogP contribution in [-0.2, 0) is 4.79 Å². The maximum absolute atomic E-state index is 11.8. The molecule has 1 saturated heterocycles. The van der Waals surface area contributed by atoms with Gasteiger partial charge in [0.25, 0.3) is 0 Å². The summed E-state index contributed by atoms with van der Waals surface area (Å²) in [6.07, 6.45) is 2.65. The highest BCUT2D eigenvalue weighted by molar-refractivity contribution is 7.07. The number of rotatable bonds is 3. The van der Waals surface area contributed by atoms with Crippen LogP contribution in [-0.4, -0.2) is 23.2 Å². The van der Waals surface area contributed by atoms with Crippen molar-refractivity contribution in [3.8, 4) is 0 Å². The Morgan fingerprint density at radius 1 is 1.67 bits per heavy atom. The van der Waals surface area contributed by atoms with E-state index in [0.29, 0.717) is 18.3 Å². The van der Waals surface area contributed by atoms with Crippen LogP contribution in [0.2, 0.25) is 0 Å². The van der Waals surface area contributed by atoms with E-state index in [1.54, 1.807) is 11.3 Å². The van der Waals surface area contributed by atoms with Crippen LogP contribution in [0.5, 0.6) is 0 Å². The Morgan fingerprint density at radius 3 is 3.20 bits per heavy atom. The summed E-state index contributed by atoms with van der Waals surface area (Å²) in [5.74, 6) is 0.616. The molecular weight excluding hydrogens is 230 g/mol. The summed E-state index contributed by atoms with van der Waals surface area (Å²) in [5.41, 5.74) is 1.28. The topological polar surface area (TPSA) is 20.3 Å². The molecule has 0 aromatic carbocycles. The van der Waals surface area contributed by atoms with Gasteiger partial charge in [-0.05, 0) is 35.2 Å². The number of amides is 1. The Hall–Kier alpha value is -0.540. The predicted octanol–water partition coefficient (Wildman–Crippen LogP) is 3.04. The van der Waals surface area contributed by atoms with E-state index in [1.165, 1.54) is 5.56 Å². The second-order valence-corrected chi connectivity index (χ2v) is 4.90. The van der Waals surface area contributed by atoms with E-state index in [0.717, 1.165) is 19.4 Å². The molecule has 1 aromatic heterocycles. The zero-order chi connectivity index (χ0) is 10.7. The molecule has 2 rings (SSSR count). The van der Waals surface area contributed by atoms with Crippen LogP contribution in [0, 0.1) is 0 Å². The molecule has 4 heteroatoms. The maximum atomic E-state index is 11.8. The summed E-state index contributed by atoms with van der Waals surface area (Å²) in [4.78, 5) is 13.8. The average Bonchev–Trinajstić information content (AvgIpc) is 2.88. The van der Waals surface area contributed by atoms with Crippen LogP contribution in [0.25, 0.3) is 0 Å². The van der Waals surface area contributed by atoms with E-state index in [1.807, 2.05) is 4.90 Å². The van der Waals surface area contributed by atoms with Gasteiger partial charge in [-0.25, -0.2) is 0 Å². The second-order valence-electron chi connectivity index (χ2n) is 3.74. The summed E-state index contributed by atoms with van der Waals surface area (Å²) in [6, 6.07) is 2.41. The van der Waals surface area contributed by atoms with E-state index >= 15 is 0 Å². The molecule has 0 aliphatic carbocycles. The van der Waals surface area contributed by atoms with Gasteiger partial charge in [0.05, 0.1) is 6.04 Å². The molecule has 1 fully saturated rings. The van der Waals surface area contributed by atoms with E-state index in [4.69, 9.17) is 11.6 Å². The SMILES string of the molecule is O=C(CCCl)N1CCCC1c1ccsc1. The molecule has 1 aliphatic rings. The first kappa shape index (κ1) is 11.0. The average molecular weight is 244 g/mol. The third-order valence-corrected chi connectivity index (χ3v) is 3.70. The molecule has 2 nitrogen and oxygen atoms in total. The Kier molecular flexibility index (Phi) is 3.65. The van der Waals surface area contributed by atoms with Crippen LogP contribution in [0.4, 0.5) is 0 Å². The molecule has 0 spiro atoms. The zero-order valence-corrected chi connectivity index (χ0v) is 10.1. The first-order valence-corrected chi connectivity index (χ1v) is 6.68. The molecule has 1 aromatic rings. The quantitative estimate of drug-likeness (QED) is 0.748. The summed E-state index contributed by atoms with van der Waals surface area (Å²) in [5, 5.41) is 4.20. The van der Waals surface area contributed by atoms with Crippen molar-refractivity contribution in [2.45, 2.75) is 25.3 Å². The Bertz CT molecular complexity index is 325. The lowest BCUT2D eigenvalue weighted by Gasteiger charge is -2.23. The molecule has 15 heavy (non-hydrogen) atoms. The van der Waals surface area contributed by atoms with Gasteiger partial charge in [-0.3, -0.25) is 4.79 Å². The number of carbonyl (C=O) groups is 1. The van der Waals surface area contributed by atoms with Gasteiger partial charge in [0.15, 0.2) is 0 Å². The van der Waals surface area contributed by atoms with Crippen molar-refractivity contribution in [3.63, 3.8) is 0 Å². The fraction of sp³-hybridized carbons (Fsp3) is 0.545. The lowest BCUT2D eigenvalue weighted by atomic mass is 10.1. The smallest absolute Gasteiger partial charge is 0.224 e. The monoisotopic (exact) mass is 243 g/mol. The number of thiophene rings is 1. The van der Waals surface area contributed by atoms with Crippen molar-refractivity contribution >= 4 is 28.8 Å². The highest BCUT2D eigenvalue weighted by Gasteiger charge is 2.29. The minimum atomic E-state index is 0.193. The first-order valence-electron chi connectivity index (χ1n) is 5.20. The largest absolute Gasteiger partial charge is 0.336 e. The number of alkyl halides is 1. The van der Waals surface area contributed by atoms with Gasteiger partial charge in [0, 0.05) is 18.8 Å². The van der Waals surface area contributed by atoms with Crippen molar-refractivity contribution in [2.24, 2.45) is 0 Å². The molecule has 82 valence electrons. The third-order valence-electron chi connectivity index (χ3n) is 2.81. The van der Waals surface area contributed by atoms with Gasteiger partial charge in [0.1, 0.15) is 0 Å². The van der Waals surface area contributed by atoms with E-state index in [2.05, 4.69) is 16.8 Å². The Labute approximate surface area is 98.8 Å². The van der Waals surface area contributed by atoms with Gasteiger partial charge in [-0.1, -0.05) is 0 Å². The fourth-order valence-corrected chi connectivity index (χ4v) is 2.97. The molecule has 1 amide bonds. The second kappa shape index (κ2) is 4.99. The number of hydrogen-bond acceptors (Lipinski definition) is 2. The summed E-state index contributed by atoms with van der Waals surface area (Å²) >= 11 is 7.29. The third kappa shape index (κ3) is 2.34. The van der Waals surface area contributed by atoms with E-state index in [9.17, 15) is 4.79 Å². The van der Waals surface area contributed by atoms with Gasteiger partial charge in [-0.15, -0.1) is 11.6 Å². The van der Waals surface area contributed by atoms with Gasteiger partial charge in [0.2, 0.25) is 5.91 Å². The zero-order valence-electron chi connectivity index (χ0n) is 8.49. The van der Waals surface area contributed by atoms with Crippen molar-refractivity contribution in [1.82, 2.24) is 4.90 Å². The summed E-state index contributed by atoms with van der Waals surface area (Å²) < 4.78 is 0. The molecular formula is C11H14ClNOS. The van der Waals surface area contributed by atoms with Gasteiger partial charge < -0.3 is 4.90 Å². The molecule has 0 N–H and O–H groups in total. The molecule has 1 atom stereocenters. The molecule has 0 radical (unpaired) electrons. The normalized spacial score (nSPS) is 20.9. The molecule has 1 aliphatic heterocycles. The molecule has 2 heterocycles. The predicted molar refractivity (Wildman–Crippen MR) is 63.3 cm³/mol. The standard InChI is InChI=1S/C11H14ClNOS/c12-5-3-11(14)13-6-1-2-10(13)9-4-7-15-8-9/h4,7-8,10H,1-3,5-6H2. The minimum Gasteiger partial charge on any atom is -0.336 e. The Balaban J connectivity index is 2.08. The molecule has 0 saturated carbocycles.